The molecule has 28 heavy (non-hydrogen) atoms. The molecular weight excluding hydrogens is 354 g/mol. The van der Waals surface area contributed by atoms with Crippen LogP contribution in [0.1, 0.15) is 25.7 Å². The van der Waals surface area contributed by atoms with Gasteiger partial charge in [0.05, 0.1) is 0 Å². The SMILES string of the molecule is CN(C(=O)C1(n2cccn2)CCNCC1)C1CCCN(c2ccccc2)C1=O. The van der Waals surface area contributed by atoms with Crippen LogP contribution in [0.2, 0.25) is 0 Å². The molecule has 0 saturated carbocycles. The van der Waals surface area contributed by atoms with E-state index >= 15 is 0 Å². The van der Waals surface area contributed by atoms with E-state index < -0.39 is 11.6 Å². The number of para-hydroxylation sites is 1. The third-order valence-corrected chi connectivity index (χ3v) is 6.04. The zero-order chi connectivity index (χ0) is 19.6. The van der Waals surface area contributed by atoms with Crippen LogP contribution in [0.3, 0.4) is 0 Å². The van der Waals surface area contributed by atoms with Crippen molar-refractivity contribution in [2.45, 2.75) is 37.3 Å². The molecule has 1 aromatic heterocycles. The van der Waals surface area contributed by atoms with Gasteiger partial charge in [0.1, 0.15) is 11.6 Å². The molecule has 0 bridgehead atoms. The van der Waals surface area contributed by atoms with E-state index in [4.69, 9.17) is 0 Å². The molecule has 0 radical (unpaired) electrons. The van der Waals surface area contributed by atoms with Crippen molar-refractivity contribution in [1.82, 2.24) is 20.0 Å². The van der Waals surface area contributed by atoms with Gasteiger partial charge < -0.3 is 15.1 Å². The smallest absolute Gasteiger partial charge is 0.251 e. The fraction of sp³-hybridized carbons (Fsp3) is 0.476. The summed E-state index contributed by atoms with van der Waals surface area (Å²) in [5.74, 6) is -0.0242. The Morgan fingerprint density at radius 2 is 1.96 bits per heavy atom. The second kappa shape index (κ2) is 7.75. The van der Waals surface area contributed by atoms with Gasteiger partial charge in [0.2, 0.25) is 5.91 Å². The molecule has 0 aliphatic carbocycles. The summed E-state index contributed by atoms with van der Waals surface area (Å²) in [5.41, 5.74) is 0.167. The lowest BCUT2D eigenvalue weighted by atomic mass is 9.86. The first-order valence-corrected chi connectivity index (χ1v) is 9.98. The van der Waals surface area contributed by atoms with E-state index in [1.54, 1.807) is 27.7 Å². The number of rotatable bonds is 4. The van der Waals surface area contributed by atoms with Gasteiger partial charge in [0.25, 0.3) is 5.91 Å². The predicted octanol–water partition coefficient (Wildman–Crippen LogP) is 1.62. The minimum absolute atomic E-state index is 0.00199. The molecule has 1 aromatic carbocycles. The summed E-state index contributed by atoms with van der Waals surface area (Å²) in [7, 11) is 1.77. The third-order valence-electron chi connectivity index (χ3n) is 6.04. The normalized spacial score (nSPS) is 22.1. The van der Waals surface area contributed by atoms with Gasteiger partial charge in [-0.3, -0.25) is 14.3 Å². The first-order chi connectivity index (χ1) is 13.6. The molecule has 148 valence electrons. The monoisotopic (exact) mass is 381 g/mol. The number of carbonyl (C=O) groups excluding carboxylic acids is 2. The zero-order valence-electron chi connectivity index (χ0n) is 16.3. The fourth-order valence-electron chi connectivity index (χ4n) is 4.45. The molecule has 2 saturated heterocycles. The summed E-state index contributed by atoms with van der Waals surface area (Å²) in [6, 6.07) is 11.1. The van der Waals surface area contributed by atoms with Gasteiger partial charge in [0.15, 0.2) is 0 Å². The van der Waals surface area contributed by atoms with Gasteiger partial charge in [-0.05, 0) is 57.0 Å². The van der Waals surface area contributed by atoms with Crippen molar-refractivity contribution < 1.29 is 9.59 Å². The highest BCUT2D eigenvalue weighted by molar-refractivity contribution is 6.00. The van der Waals surface area contributed by atoms with Crippen molar-refractivity contribution in [2.75, 3.05) is 31.6 Å². The van der Waals surface area contributed by atoms with Crippen LogP contribution in [0, 0.1) is 0 Å². The molecule has 2 fully saturated rings. The van der Waals surface area contributed by atoms with E-state index in [9.17, 15) is 9.59 Å². The molecule has 3 heterocycles. The minimum atomic E-state index is -0.723. The summed E-state index contributed by atoms with van der Waals surface area (Å²) in [4.78, 5) is 30.4. The number of hydrogen-bond acceptors (Lipinski definition) is 4. The van der Waals surface area contributed by atoms with Crippen LogP contribution in [0.5, 0.6) is 0 Å². The molecule has 1 N–H and O–H groups in total. The Kier molecular flexibility index (Phi) is 5.17. The maximum absolute atomic E-state index is 13.7. The summed E-state index contributed by atoms with van der Waals surface area (Å²) >= 11 is 0. The van der Waals surface area contributed by atoms with Gasteiger partial charge in [-0.1, -0.05) is 18.2 Å². The molecule has 4 rings (SSSR count). The lowest BCUT2D eigenvalue weighted by Gasteiger charge is -2.43. The Labute approximate surface area is 165 Å². The molecule has 2 aliphatic rings. The fourth-order valence-corrected chi connectivity index (χ4v) is 4.45. The highest BCUT2D eigenvalue weighted by Crippen LogP contribution is 2.31. The number of hydrogen-bond donors (Lipinski definition) is 1. The number of benzene rings is 1. The lowest BCUT2D eigenvalue weighted by Crippen LogP contribution is -2.60. The van der Waals surface area contributed by atoms with E-state index in [1.807, 2.05) is 42.6 Å². The Morgan fingerprint density at radius 3 is 2.64 bits per heavy atom. The zero-order valence-corrected chi connectivity index (χ0v) is 16.3. The Balaban J connectivity index is 1.59. The topological polar surface area (TPSA) is 70.5 Å². The summed E-state index contributed by atoms with van der Waals surface area (Å²) in [5, 5.41) is 7.71. The van der Waals surface area contributed by atoms with Crippen LogP contribution in [0.25, 0.3) is 0 Å². The second-order valence-corrected chi connectivity index (χ2v) is 7.63. The van der Waals surface area contributed by atoms with Crippen molar-refractivity contribution in [2.24, 2.45) is 0 Å². The van der Waals surface area contributed by atoms with Gasteiger partial charge in [0, 0.05) is 31.7 Å². The Bertz CT molecular complexity index is 815. The summed E-state index contributed by atoms with van der Waals surface area (Å²) in [6.07, 6.45) is 6.47. The van der Waals surface area contributed by atoms with Crippen LogP contribution < -0.4 is 10.2 Å². The summed E-state index contributed by atoms with van der Waals surface area (Å²) < 4.78 is 1.79. The Hall–Kier alpha value is -2.67. The van der Waals surface area contributed by atoms with Gasteiger partial charge in [-0.25, -0.2) is 0 Å². The second-order valence-electron chi connectivity index (χ2n) is 7.63. The number of amides is 2. The van der Waals surface area contributed by atoms with Crippen molar-refractivity contribution in [3.63, 3.8) is 0 Å². The average Bonchev–Trinajstić information content (AvgIpc) is 3.29. The molecule has 7 nitrogen and oxygen atoms in total. The molecule has 0 spiro atoms. The number of likely N-dealkylation sites (N-methyl/N-ethyl adjacent to an activating group) is 1. The van der Waals surface area contributed by atoms with Crippen LogP contribution in [-0.4, -0.2) is 59.2 Å². The van der Waals surface area contributed by atoms with Gasteiger partial charge >= 0.3 is 0 Å². The van der Waals surface area contributed by atoms with Crippen LogP contribution in [0.15, 0.2) is 48.8 Å². The molecule has 2 aliphatic heterocycles. The molecular formula is C21H27N5O2. The number of nitrogens with zero attached hydrogens (tertiary/aromatic N) is 4. The average molecular weight is 381 g/mol. The number of aromatic nitrogens is 2. The van der Waals surface area contributed by atoms with Crippen LogP contribution in [0.4, 0.5) is 5.69 Å². The number of nitrogens with one attached hydrogen (secondary N) is 1. The summed E-state index contributed by atoms with van der Waals surface area (Å²) in [6.45, 7) is 2.21. The lowest BCUT2D eigenvalue weighted by molar-refractivity contribution is -0.148. The molecule has 1 unspecified atom stereocenters. The largest absolute Gasteiger partial charge is 0.332 e. The first kappa shape index (κ1) is 18.7. The predicted molar refractivity (Wildman–Crippen MR) is 107 cm³/mol. The van der Waals surface area contributed by atoms with Crippen molar-refractivity contribution >= 4 is 17.5 Å². The van der Waals surface area contributed by atoms with E-state index in [2.05, 4.69) is 10.4 Å². The van der Waals surface area contributed by atoms with E-state index in [0.717, 1.165) is 25.2 Å². The minimum Gasteiger partial charge on any atom is -0.332 e. The van der Waals surface area contributed by atoms with Crippen LogP contribution in [-0.2, 0) is 15.1 Å². The Morgan fingerprint density at radius 1 is 1.21 bits per heavy atom. The highest BCUT2D eigenvalue weighted by Gasteiger charge is 2.46. The number of carbonyl (C=O) groups is 2. The standard InChI is InChI=1S/C21H27N5O2/c1-24(18-9-5-15-25(19(18)27)17-7-3-2-4-8-17)20(28)21(10-13-22-14-11-21)26-16-6-12-23-26/h2-4,6-8,12,16,18,22H,5,9-11,13-15H2,1H3. The van der Waals surface area contributed by atoms with E-state index in [-0.39, 0.29) is 11.8 Å². The van der Waals surface area contributed by atoms with Gasteiger partial charge in [-0.15, -0.1) is 0 Å². The van der Waals surface area contributed by atoms with E-state index in [0.29, 0.717) is 25.8 Å². The number of piperidine rings is 2. The first-order valence-electron chi connectivity index (χ1n) is 9.98. The quantitative estimate of drug-likeness (QED) is 0.874. The maximum atomic E-state index is 13.7. The molecule has 7 heteroatoms. The van der Waals surface area contributed by atoms with Crippen molar-refractivity contribution in [3.8, 4) is 0 Å². The molecule has 1 atom stereocenters. The molecule has 2 aromatic rings. The van der Waals surface area contributed by atoms with Gasteiger partial charge in [-0.2, -0.15) is 5.10 Å². The van der Waals surface area contributed by atoms with Crippen LogP contribution >= 0.6 is 0 Å². The number of anilines is 1. The third kappa shape index (κ3) is 3.20. The van der Waals surface area contributed by atoms with Crippen molar-refractivity contribution in [3.05, 3.63) is 48.8 Å². The highest BCUT2D eigenvalue weighted by atomic mass is 16.2. The maximum Gasteiger partial charge on any atom is 0.251 e. The van der Waals surface area contributed by atoms with Crippen molar-refractivity contribution in [1.29, 1.82) is 0 Å². The van der Waals surface area contributed by atoms with E-state index in [1.165, 1.54) is 0 Å². The molecule has 2 amide bonds.